The Balaban J connectivity index is 2.37. The number of nitrogens with one attached hydrogen (secondary N) is 1. The van der Waals surface area contributed by atoms with Crippen molar-refractivity contribution in [2.45, 2.75) is 13.3 Å². The van der Waals surface area contributed by atoms with Crippen LogP contribution in [0.4, 0.5) is 10.1 Å². The molecular formula is C9H11FN2O2S. The van der Waals surface area contributed by atoms with Gasteiger partial charge in [-0.3, -0.25) is 9.56 Å². The summed E-state index contributed by atoms with van der Waals surface area (Å²) in [6.07, 6.45) is 0.679. The standard InChI is InChI=1S/C9H11FN2O2S/c1-6-4-8(10)5-7-2-3-12(9(6)7)11-15(13)14/h4-5,11H,2-3H2,1H3,(H,13,14). The molecule has 1 heterocycles. The number of hydrazine groups is 1. The van der Waals surface area contributed by atoms with E-state index in [1.165, 1.54) is 12.1 Å². The van der Waals surface area contributed by atoms with Crippen molar-refractivity contribution >= 4 is 17.0 Å². The molecule has 0 aliphatic carbocycles. The molecule has 0 amide bonds. The van der Waals surface area contributed by atoms with Crippen molar-refractivity contribution in [3.05, 3.63) is 29.1 Å². The average Bonchev–Trinajstić information content (AvgIpc) is 2.46. The number of aryl methyl sites for hydroxylation is 1. The van der Waals surface area contributed by atoms with E-state index in [4.69, 9.17) is 4.55 Å². The van der Waals surface area contributed by atoms with Crippen molar-refractivity contribution in [2.75, 3.05) is 11.6 Å². The first-order valence-corrected chi connectivity index (χ1v) is 5.62. The number of halogens is 1. The van der Waals surface area contributed by atoms with Crippen molar-refractivity contribution in [3.8, 4) is 0 Å². The van der Waals surface area contributed by atoms with E-state index in [0.29, 0.717) is 13.0 Å². The van der Waals surface area contributed by atoms with E-state index in [1.54, 1.807) is 11.9 Å². The van der Waals surface area contributed by atoms with Crippen LogP contribution >= 0.6 is 0 Å². The van der Waals surface area contributed by atoms with Crippen LogP contribution in [-0.4, -0.2) is 15.3 Å². The van der Waals surface area contributed by atoms with Crippen molar-refractivity contribution in [1.29, 1.82) is 0 Å². The molecule has 2 N–H and O–H groups in total. The summed E-state index contributed by atoms with van der Waals surface area (Å²) in [5, 5.41) is 1.58. The Hall–Kier alpha value is -0.980. The molecular weight excluding hydrogens is 219 g/mol. The molecule has 82 valence electrons. The maximum Gasteiger partial charge on any atom is 0.250 e. The summed E-state index contributed by atoms with van der Waals surface area (Å²) in [5.41, 5.74) is 2.43. The second-order valence-electron chi connectivity index (χ2n) is 3.47. The number of fused-ring (bicyclic) bond motifs is 1. The molecule has 0 saturated carbocycles. The molecule has 0 radical (unpaired) electrons. The maximum absolute atomic E-state index is 13.1. The van der Waals surface area contributed by atoms with Crippen LogP contribution < -0.4 is 9.84 Å². The highest BCUT2D eigenvalue weighted by Gasteiger charge is 2.22. The lowest BCUT2D eigenvalue weighted by Gasteiger charge is -2.19. The zero-order valence-electron chi connectivity index (χ0n) is 8.16. The zero-order valence-corrected chi connectivity index (χ0v) is 8.97. The first kappa shape index (κ1) is 10.5. The van der Waals surface area contributed by atoms with Gasteiger partial charge in [0.25, 0.3) is 11.3 Å². The largest absolute Gasteiger partial charge is 0.294 e. The minimum Gasteiger partial charge on any atom is -0.294 e. The summed E-state index contributed by atoms with van der Waals surface area (Å²) >= 11 is -2.09. The number of hydrogen-bond donors (Lipinski definition) is 2. The molecule has 0 aromatic heterocycles. The third-order valence-corrected chi connectivity index (χ3v) is 2.78. The van der Waals surface area contributed by atoms with Gasteiger partial charge in [-0.15, -0.1) is 4.83 Å². The van der Waals surface area contributed by atoms with Gasteiger partial charge in [0.15, 0.2) is 0 Å². The van der Waals surface area contributed by atoms with Gasteiger partial charge in [-0.2, -0.15) is 0 Å². The Morgan fingerprint density at radius 3 is 3.00 bits per heavy atom. The fraction of sp³-hybridized carbons (Fsp3) is 0.333. The highest BCUT2D eigenvalue weighted by atomic mass is 32.2. The lowest BCUT2D eigenvalue weighted by molar-refractivity contribution is 0.545. The Kier molecular flexibility index (Phi) is 2.72. The second-order valence-corrected chi connectivity index (χ2v) is 4.15. The van der Waals surface area contributed by atoms with Crippen LogP contribution in [0.25, 0.3) is 0 Å². The van der Waals surface area contributed by atoms with E-state index in [2.05, 4.69) is 4.83 Å². The molecule has 2 rings (SSSR count). The third-order valence-electron chi connectivity index (χ3n) is 2.41. The molecule has 1 aromatic carbocycles. The van der Waals surface area contributed by atoms with Gasteiger partial charge in [0.1, 0.15) is 5.82 Å². The maximum atomic E-state index is 13.1. The Labute approximate surface area is 89.5 Å². The van der Waals surface area contributed by atoms with Crippen LogP contribution in [0.1, 0.15) is 11.1 Å². The van der Waals surface area contributed by atoms with E-state index in [0.717, 1.165) is 16.8 Å². The smallest absolute Gasteiger partial charge is 0.250 e. The highest BCUT2D eigenvalue weighted by molar-refractivity contribution is 7.77. The predicted octanol–water partition coefficient (Wildman–Crippen LogP) is 1.14. The van der Waals surface area contributed by atoms with Gasteiger partial charge in [-0.1, -0.05) is 0 Å². The number of nitrogens with zero attached hydrogens (tertiary/aromatic N) is 1. The molecule has 1 aliphatic rings. The minimum atomic E-state index is -2.09. The highest BCUT2D eigenvalue weighted by Crippen LogP contribution is 2.30. The molecule has 6 heteroatoms. The monoisotopic (exact) mass is 230 g/mol. The number of anilines is 1. The van der Waals surface area contributed by atoms with Crippen LogP contribution in [0.15, 0.2) is 12.1 Å². The van der Waals surface area contributed by atoms with Crippen LogP contribution in [0.5, 0.6) is 0 Å². The van der Waals surface area contributed by atoms with Gasteiger partial charge in [-0.05, 0) is 36.6 Å². The SMILES string of the molecule is Cc1cc(F)cc2c1N(NS(=O)O)CC2. The van der Waals surface area contributed by atoms with Crippen LogP contribution in [0, 0.1) is 12.7 Å². The number of benzene rings is 1. The zero-order chi connectivity index (χ0) is 11.0. The lowest BCUT2D eigenvalue weighted by Crippen LogP contribution is -2.37. The summed E-state index contributed by atoms with van der Waals surface area (Å²) in [5.74, 6) is -0.266. The normalized spacial score (nSPS) is 16.6. The molecule has 1 aromatic rings. The van der Waals surface area contributed by atoms with Crippen LogP contribution in [0.3, 0.4) is 0 Å². The minimum absolute atomic E-state index is 0.266. The number of rotatable bonds is 2. The van der Waals surface area contributed by atoms with E-state index >= 15 is 0 Å². The third kappa shape index (κ3) is 2.01. The van der Waals surface area contributed by atoms with E-state index in [9.17, 15) is 8.60 Å². The summed E-state index contributed by atoms with van der Waals surface area (Å²) in [4.78, 5) is 2.40. The molecule has 15 heavy (non-hydrogen) atoms. The van der Waals surface area contributed by atoms with Gasteiger partial charge >= 0.3 is 0 Å². The number of hydrogen-bond acceptors (Lipinski definition) is 2. The molecule has 1 aliphatic heterocycles. The topological polar surface area (TPSA) is 52.6 Å². The Morgan fingerprint density at radius 2 is 2.33 bits per heavy atom. The molecule has 0 fully saturated rings. The van der Waals surface area contributed by atoms with Crippen molar-refractivity contribution in [2.24, 2.45) is 0 Å². The first-order chi connectivity index (χ1) is 7.08. The molecule has 0 bridgehead atoms. The van der Waals surface area contributed by atoms with Crippen molar-refractivity contribution in [1.82, 2.24) is 4.83 Å². The predicted molar refractivity (Wildman–Crippen MR) is 56.1 cm³/mol. The lowest BCUT2D eigenvalue weighted by atomic mass is 10.1. The Bertz CT molecular complexity index is 425. The fourth-order valence-corrected chi connectivity index (χ4v) is 2.28. The van der Waals surface area contributed by atoms with Gasteiger partial charge in [0.05, 0.1) is 5.69 Å². The quantitative estimate of drug-likeness (QED) is 0.749. The fourth-order valence-electron chi connectivity index (χ4n) is 1.91. The van der Waals surface area contributed by atoms with Crippen molar-refractivity contribution in [3.63, 3.8) is 0 Å². The van der Waals surface area contributed by atoms with Gasteiger partial charge < -0.3 is 0 Å². The summed E-state index contributed by atoms with van der Waals surface area (Å²) in [6, 6.07) is 2.88. The second kappa shape index (κ2) is 3.88. The van der Waals surface area contributed by atoms with Gasteiger partial charge in [0.2, 0.25) is 0 Å². The van der Waals surface area contributed by atoms with Crippen LogP contribution in [-0.2, 0) is 17.7 Å². The molecule has 1 atom stereocenters. The summed E-state index contributed by atoms with van der Waals surface area (Å²) in [7, 11) is 0. The van der Waals surface area contributed by atoms with Gasteiger partial charge in [0, 0.05) is 6.54 Å². The Morgan fingerprint density at radius 1 is 1.60 bits per heavy atom. The summed E-state index contributed by atoms with van der Waals surface area (Å²) < 4.78 is 32.4. The first-order valence-electron chi connectivity index (χ1n) is 4.51. The van der Waals surface area contributed by atoms with Gasteiger partial charge in [-0.25, -0.2) is 8.60 Å². The molecule has 1 unspecified atom stereocenters. The van der Waals surface area contributed by atoms with E-state index in [1.807, 2.05) is 0 Å². The summed E-state index contributed by atoms with van der Waals surface area (Å²) in [6.45, 7) is 2.36. The van der Waals surface area contributed by atoms with Crippen molar-refractivity contribution < 1.29 is 13.2 Å². The molecule has 0 saturated heterocycles. The molecule has 0 spiro atoms. The molecule has 4 nitrogen and oxygen atoms in total. The van der Waals surface area contributed by atoms with Crippen LogP contribution in [0.2, 0.25) is 0 Å². The van der Waals surface area contributed by atoms with E-state index in [-0.39, 0.29) is 5.82 Å². The average molecular weight is 230 g/mol. The van der Waals surface area contributed by atoms with E-state index < -0.39 is 11.3 Å².